The van der Waals surface area contributed by atoms with Crippen LogP contribution in [-0.4, -0.2) is 34.8 Å². The first-order valence-corrected chi connectivity index (χ1v) is 11.1. The summed E-state index contributed by atoms with van der Waals surface area (Å²) in [4.78, 5) is 11.0. The summed E-state index contributed by atoms with van der Waals surface area (Å²) < 4.78 is 44.0. The van der Waals surface area contributed by atoms with Gasteiger partial charge in [0.1, 0.15) is 11.5 Å². The van der Waals surface area contributed by atoms with Crippen LogP contribution in [0.1, 0.15) is 51.5 Å². The molecule has 1 aromatic carbocycles. The number of ether oxygens (including phenoxy) is 1. The van der Waals surface area contributed by atoms with Gasteiger partial charge in [-0.2, -0.15) is 13.2 Å². The Morgan fingerprint density at radius 2 is 2.00 bits per heavy atom. The van der Waals surface area contributed by atoms with Gasteiger partial charge >= 0.3 is 6.18 Å². The number of unbranched alkanes of at least 4 members (excludes halogenated alkanes) is 1. The summed E-state index contributed by atoms with van der Waals surface area (Å²) in [5.41, 5.74) is -0.751. The van der Waals surface area contributed by atoms with Crippen LogP contribution in [0.2, 0.25) is 0 Å². The van der Waals surface area contributed by atoms with Crippen molar-refractivity contribution in [2.45, 2.75) is 64.3 Å². The lowest BCUT2D eigenvalue weighted by Crippen LogP contribution is -2.20. The monoisotopic (exact) mass is 454 g/mol. The van der Waals surface area contributed by atoms with Gasteiger partial charge in [0, 0.05) is 24.7 Å². The van der Waals surface area contributed by atoms with E-state index in [1.807, 2.05) is 31.2 Å². The summed E-state index contributed by atoms with van der Waals surface area (Å²) in [6, 6.07) is 4.78. The molecule has 0 amide bonds. The highest BCUT2D eigenvalue weighted by atomic mass is 19.4. The van der Waals surface area contributed by atoms with Crippen molar-refractivity contribution in [2.75, 3.05) is 6.61 Å². The molecule has 2 N–H and O–H groups in total. The highest BCUT2D eigenvalue weighted by molar-refractivity contribution is 5.75. The summed E-state index contributed by atoms with van der Waals surface area (Å²) in [5.74, 6) is -0.0738. The van der Waals surface area contributed by atoms with E-state index in [1.54, 1.807) is 6.92 Å². The van der Waals surface area contributed by atoms with Crippen LogP contribution in [-0.2, 0) is 11.0 Å². The van der Waals surface area contributed by atoms with Gasteiger partial charge in [-0.15, -0.1) is 0 Å². The van der Waals surface area contributed by atoms with Crippen LogP contribution in [0.4, 0.5) is 13.2 Å². The van der Waals surface area contributed by atoms with Gasteiger partial charge in [0.15, 0.2) is 0 Å². The van der Waals surface area contributed by atoms with E-state index in [2.05, 4.69) is 0 Å². The first kappa shape index (κ1) is 26.1. The first-order chi connectivity index (χ1) is 15.1. The molecule has 0 spiro atoms. The van der Waals surface area contributed by atoms with E-state index in [1.165, 1.54) is 12.1 Å². The van der Waals surface area contributed by atoms with Gasteiger partial charge < -0.3 is 19.7 Å². The minimum atomic E-state index is -4.42. The molecule has 1 fully saturated rings. The number of aliphatic hydroxyl groups excluding tert-OH is 2. The fourth-order valence-electron chi connectivity index (χ4n) is 3.91. The Balaban J connectivity index is 1.87. The first-order valence-electron chi connectivity index (χ1n) is 11.1. The molecule has 32 heavy (non-hydrogen) atoms. The second kappa shape index (κ2) is 12.2. The lowest BCUT2D eigenvalue weighted by molar-refractivity contribution is -0.137. The molecule has 1 aliphatic carbocycles. The summed E-state index contributed by atoms with van der Waals surface area (Å²) in [6.45, 7) is 3.65. The van der Waals surface area contributed by atoms with Gasteiger partial charge in [0.05, 0.1) is 24.4 Å². The molecule has 0 saturated heterocycles. The third kappa shape index (κ3) is 8.43. The molecule has 0 heterocycles. The highest BCUT2D eigenvalue weighted by Crippen LogP contribution is 2.36. The maximum atomic E-state index is 12.8. The number of halogens is 3. The molecule has 0 radical (unpaired) electrons. The van der Waals surface area contributed by atoms with E-state index in [0.29, 0.717) is 19.3 Å². The van der Waals surface area contributed by atoms with Crippen LogP contribution in [0.15, 0.2) is 48.6 Å². The van der Waals surface area contributed by atoms with Crippen molar-refractivity contribution in [1.82, 2.24) is 0 Å². The Bertz CT molecular complexity index is 788. The fraction of sp³-hybridized carbons (Fsp3) is 0.560. The standard InChI is InChI=1S/C25H33F3O4/c1-17(16-32-20-10-7-9-19(14-20)25(26,27)28)12-13-22-21(23(30)15-24(22)31)11-6-4-3-5-8-18(2)29/h4,6-7,9-10,12-14,17,21-24,30-31H,3,5,8,11,15-16H2,1-2H3/b6-4-,13-12+/t17-,21-,22-,23+,24-/m1/s1. The van der Waals surface area contributed by atoms with E-state index >= 15 is 0 Å². The van der Waals surface area contributed by atoms with Gasteiger partial charge in [-0.25, -0.2) is 0 Å². The number of carbonyl (C=O) groups excluding carboxylic acids is 1. The minimum absolute atomic E-state index is 0.0859. The summed E-state index contributed by atoms with van der Waals surface area (Å²) in [5, 5.41) is 20.7. The largest absolute Gasteiger partial charge is 0.493 e. The van der Waals surface area contributed by atoms with Gasteiger partial charge in [-0.05, 0) is 50.3 Å². The van der Waals surface area contributed by atoms with Crippen molar-refractivity contribution in [3.05, 3.63) is 54.1 Å². The van der Waals surface area contributed by atoms with E-state index < -0.39 is 23.9 Å². The number of Topliss-reactive ketones (excluding diaryl/α,β-unsaturated/α-hetero) is 1. The maximum absolute atomic E-state index is 12.8. The zero-order valence-corrected chi connectivity index (χ0v) is 18.6. The maximum Gasteiger partial charge on any atom is 0.416 e. The minimum Gasteiger partial charge on any atom is -0.493 e. The van der Waals surface area contributed by atoms with Crippen molar-refractivity contribution in [3.8, 4) is 5.75 Å². The number of carbonyl (C=O) groups is 1. The Morgan fingerprint density at radius 3 is 2.69 bits per heavy atom. The van der Waals surface area contributed by atoms with Crippen LogP contribution in [0.3, 0.4) is 0 Å². The normalized spacial score (nSPS) is 25.0. The van der Waals surface area contributed by atoms with Crippen LogP contribution >= 0.6 is 0 Å². The number of alkyl halides is 3. The molecule has 0 unspecified atom stereocenters. The molecule has 1 saturated carbocycles. The lowest BCUT2D eigenvalue weighted by Gasteiger charge is -2.20. The van der Waals surface area contributed by atoms with Crippen LogP contribution < -0.4 is 4.74 Å². The van der Waals surface area contributed by atoms with Crippen LogP contribution in [0.25, 0.3) is 0 Å². The van der Waals surface area contributed by atoms with Crippen molar-refractivity contribution < 1.29 is 32.9 Å². The predicted molar refractivity (Wildman–Crippen MR) is 117 cm³/mol. The molecule has 0 aromatic heterocycles. The van der Waals surface area contributed by atoms with Crippen molar-refractivity contribution in [2.24, 2.45) is 17.8 Å². The molecular formula is C25H33F3O4. The number of benzene rings is 1. The van der Waals surface area contributed by atoms with E-state index in [9.17, 15) is 28.2 Å². The van der Waals surface area contributed by atoms with Gasteiger partial charge in [-0.1, -0.05) is 37.3 Å². The average molecular weight is 455 g/mol. The third-order valence-electron chi connectivity index (χ3n) is 5.73. The Morgan fingerprint density at radius 1 is 1.25 bits per heavy atom. The number of allylic oxidation sites excluding steroid dienone is 2. The number of rotatable bonds is 11. The molecule has 178 valence electrons. The van der Waals surface area contributed by atoms with Crippen LogP contribution in [0.5, 0.6) is 5.75 Å². The van der Waals surface area contributed by atoms with E-state index in [0.717, 1.165) is 25.0 Å². The number of ketones is 1. The SMILES string of the molecule is CC(=O)CCC/C=C\C[C@@H]1[C@@H](/C=C/[C@@H](C)COc2cccc(C(F)(F)F)c2)[C@H](O)C[C@@H]1O. The molecule has 2 rings (SSSR count). The van der Waals surface area contributed by atoms with E-state index in [-0.39, 0.29) is 35.9 Å². The Hall–Kier alpha value is -2.12. The van der Waals surface area contributed by atoms with Crippen molar-refractivity contribution >= 4 is 5.78 Å². The number of hydrogen-bond acceptors (Lipinski definition) is 4. The van der Waals surface area contributed by atoms with Crippen LogP contribution in [0, 0.1) is 17.8 Å². The van der Waals surface area contributed by atoms with E-state index in [4.69, 9.17) is 4.74 Å². The molecule has 0 bridgehead atoms. The topological polar surface area (TPSA) is 66.8 Å². The lowest BCUT2D eigenvalue weighted by atomic mass is 9.89. The molecule has 5 atom stereocenters. The van der Waals surface area contributed by atoms with Crippen molar-refractivity contribution in [1.29, 1.82) is 0 Å². The zero-order chi connectivity index (χ0) is 23.7. The molecule has 0 aliphatic heterocycles. The van der Waals surface area contributed by atoms with Gasteiger partial charge in [-0.3, -0.25) is 0 Å². The average Bonchev–Trinajstić information content (AvgIpc) is 2.99. The summed E-state index contributed by atoms with van der Waals surface area (Å²) >= 11 is 0. The van der Waals surface area contributed by atoms with Crippen molar-refractivity contribution in [3.63, 3.8) is 0 Å². The number of hydrogen-bond donors (Lipinski definition) is 2. The molecule has 4 nitrogen and oxygen atoms in total. The molecule has 7 heteroatoms. The second-order valence-corrected chi connectivity index (χ2v) is 8.61. The second-order valence-electron chi connectivity index (χ2n) is 8.61. The molecular weight excluding hydrogens is 421 g/mol. The summed E-state index contributed by atoms with van der Waals surface area (Å²) in [7, 11) is 0. The Labute approximate surface area is 187 Å². The van der Waals surface area contributed by atoms with Gasteiger partial charge in [0.25, 0.3) is 0 Å². The molecule has 1 aliphatic rings. The fourth-order valence-corrected chi connectivity index (χ4v) is 3.91. The highest BCUT2D eigenvalue weighted by Gasteiger charge is 2.39. The third-order valence-corrected chi connectivity index (χ3v) is 5.73. The zero-order valence-electron chi connectivity index (χ0n) is 18.6. The summed E-state index contributed by atoms with van der Waals surface area (Å²) in [6.07, 6.45) is 5.20. The number of aliphatic hydroxyl groups is 2. The smallest absolute Gasteiger partial charge is 0.416 e. The van der Waals surface area contributed by atoms with Gasteiger partial charge in [0.2, 0.25) is 0 Å². The Kier molecular flexibility index (Phi) is 9.97. The predicted octanol–water partition coefficient (Wildman–Crippen LogP) is 5.34. The quantitative estimate of drug-likeness (QED) is 0.350. The molecule has 1 aromatic rings.